The van der Waals surface area contributed by atoms with Crippen molar-refractivity contribution >= 4 is 34.3 Å². The largest absolute Gasteiger partial charge is 0.497 e. The van der Waals surface area contributed by atoms with E-state index >= 15 is 0 Å². The second-order valence-corrected chi connectivity index (χ2v) is 5.96. The highest BCUT2D eigenvalue weighted by atomic mass is 32.2. The Morgan fingerprint density at radius 1 is 1.26 bits per heavy atom. The highest BCUT2D eigenvalue weighted by molar-refractivity contribution is 7.98. The maximum atomic E-state index is 12.3. The minimum Gasteiger partial charge on any atom is -0.497 e. The third-order valence-electron chi connectivity index (χ3n) is 3.57. The smallest absolute Gasteiger partial charge is 0.228 e. The van der Waals surface area contributed by atoms with Crippen LogP contribution in [0.5, 0.6) is 5.75 Å². The van der Waals surface area contributed by atoms with Gasteiger partial charge in [0.2, 0.25) is 5.91 Å². The van der Waals surface area contributed by atoms with Crippen LogP contribution >= 0.6 is 11.8 Å². The molecule has 0 unspecified atom stereocenters. The molecular formula is C18H17NO3S. The quantitative estimate of drug-likeness (QED) is 0.708. The molecule has 118 valence electrons. The zero-order valence-electron chi connectivity index (χ0n) is 13.0. The Morgan fingerprint density at radius 3 is 2.91 bits per heavy atom. The summed E-state index contributed by atoms with van der Waals surface area (Å²) >= 11 is 1.64. The van der Waals surface area contributed by atoms with Crippen LogP contribution in [0.2, 0.25) is 0 Å². The van der Waals surface area contributed by atoms with Gasteiger partial charge in [0, 0.05) is 27.6 Å². The number of carbonyl (C=O) groups is 1. The van der Waals surface area contributed by atoms with Crippen molar-refractivity contribution in [2.45, 2.75) is 11.3 Å². The molecule has 0 atom stereocenters. The Kier molecular flexibility index (Phi) is 4.57. The molecule has 0 aliphatic heterocycles. The first-order valence-corrected chi connectivity index (χ1v) is 8.40. The molecule has 2 aromatic carbocycles. The summed E-state index contributed by atoms with van der Waals surface area (Å²) in [6.07, 6.45) is 3.90. The molecule has 0 saturated heterocycles. The molecule has 1 amide bonds. The molecule has 5 heteroatoms. The summed E-state index contributed by atoms with van der Waals surface area (Å²) < 4.78 is 10.7. The molecule has 3 aromatic rings. The van der Waals surface area contributed by atoms with E-state index in [1.165, 1.54) is 0 Å². The molecule has 1 N–H and O–H groups in total. The molecular weight excluding hydrogens is 310 g/mol. The van der Waals surface area contributed by atoms with Crippen LogP contribution < -0.4 is 10.1 Å². The first-order valence-electron chi connectivity index (χ1n) is 7.17. The Balaban J connectivity index is 1.75. The number of anilines is 1. The van der Waals surface area contributed by atoms with Gasteiger partial charge in [-0.2, -0.15) is 0 Å². The van der Waals surface area contributed by atoms with Gasteiger partial charge in [-0.05, 0) is 36.6 Å². The van der Waals surface area contributed by atoms with E-state index in [0.29, 0.717) is 0 Å². The summed E-state index contributed by atoms with van der Waals surface area (Å²) in [4.78, 5) is 13.4. The van der Waals surface area contributed by atoms with Crippen molar-refractivity contribution in [3.63, 3.8) is 0 Å². The van der Waals surface area contributed by atoms with Crippen LogP contribution in [0.3, 0.4) is 0 Å². The molecule has 1 aromatic heterocycles. The van der Waals surface area contributed by atoms with Crippen molar-refractivity contribution in [2.75, 3.05) is 18.7 Å². The van der Waals surface area contributed by atoms with E-state index in [1.807, 2.05) is 48.7 Å². The fraction of sp³-hybridized carbons (Fsp3) is 0.167. The number of benzene rings is 2. The van der Waals surface area contributed by atoms with Gasteiger partial charge in [0.1, 0.15) is 11.3 Å². The van der Waals surface area contributed by atoms with Gasteiger partial charge < -0.3 is 14.5 Å². The van der Waals surface area contributed by atoms with E-state index in [9.17, 15) is 4.79 Å². The molecule has 0 aliphatic rings. The first kappa shape index (κ1) is 15.5. The number of methoxy groups -OCH3 is 1. The van der Waals surface area contributed by atoms with Gasteiger partial charge in [-0.3, -0.25) is 4.79 Å². The van der Waals surface area contributed by atoms with E-state index in [1.54, 1.807) is 25.1 Å². The van der Waals surface area contributed by atoms with E-state index < -0.39 is 0 Å². The standard InChI is InChI=1S/C18H17NO3S/c1-21-14-6-7-16-12(11-22-17(16)10-14)8-18(20)19-13-4-3-5-15(9-13)23-2/h3-7,9-11H,8H2,1-2H3,(H,19,20). The van der Waals surface area contributed by atoms with Crippen LogP contribution in [-0.2, 0) is 11.2 Å². The van der Waals surface area contributed by atoms with Crippen molar-refractivity contribution < 1.29 is 13.9 Å². The number of hydrogen-bond donors (Lipinski definition) is 1. The van der Waals surface area contributed by atoms with Gasteiger partial charge in [-0.25, -0.2) is 0 Å². The summed E-state index contributed by atoms with van der Waals surface area (Å²) in [5.74, 6) is 0.665. The second kappa shape index (κ2) is 6.79. The van der Waals surface area contributed by atoms with Crippen molar-refractivity contribution in [1.29, 1.82) is 0 Å². The number of hydrogen-bond acceptors (Lipinski definition) is 4. The van der Waals surface area contributed by atoms with E-state index in [2.05, 4.69) is 5.32 Å². The highest BCUT2D eigenvalue weighted by Gasteiger charge is 2.11. The van der Waals surface area contributed by atoms with Gasteiger partial charge in [0.15, 0.2) is 0 Å². The van der Waals surface area contributed by atoms with Crippen LogP contribution in [-0.4, -0.2) is 19.3 Å². The maximum absolute atomic E-state index is 12.3. The lowest BCUT2D eigenvalue weighted by Gasteiger charge is -2.06. The van der Waals surface area contributed by atoms with Crippen molar-refractivity contribution in [1.82, 2.24) is 0 Å². The van der Waals surface area contributed by atoms with Gasteiger partial charge >= 0.3 is 0 Å². The molecule has 23 heavy (non-hydrogen) atoms. The molecule has 0 saturated carbocycles. The molecule has 0 spiro atoms. The molecule has 0 bridgehead atoms. The molecule has 0 radical (unpaired) electrons. The average Bonchev–Trinajstić information content (AvgIpc) is 2.97. The van der Waals surface area contributed by atoms with Gasteiger partial charge in [-0.15, -0.1) is 11.8 Å². The fourth-order valence-corrected chi connectivity index (χ4v) is 2.87. The SMILES string of the molecule is COc1ccc2c(CC(=O)Nc3cccc(SC)c3)coc2c1. The molecule has 1 heterocycles. The number of amides is 1. The second-order valence-electron chi connectivity index (χ2n) is 5.08. The lowest BCUT2D eigenvalue weighted by molar-refractivity contribution is -0.115. The predicted octanol–water partition coefficient (Wildman–Crippen LogP) is 4.34. The normalized spacial score (nSPS) is 10.7. The monoisotopic (exact) mass is 327 g/mol. The summed E-state index contributed by atoms with van der Waals surface area (Å²) in [5, 5.41) is 3.85. The third-order valence-corrected chi connectivity index (χ3v) is 4.29. The average molecular weight is 327 g/mol. The molecule has 0 fully saturated rings. The number of furan rings is 1. The summed E-state index contributed by atoms with van der Waals surface area (Å²) in [7, 11) is 1.61. The summed E-state index contributed by atoms with van der Waals surface area (Å²) in [6.45, 7) is 0. The number of nitrogens with one attached hydrogen (secondary N) is 1. The Labute approximate surface area is 138 Å². The first-order chi connectivity index (χ1) is 11.2. The van der Waals surface area contributed by atoms with E-state index in [0.717, 1.165) is 32.9 Å². The minimum absolute atomic E-state index is 0.0678. The Hall–Kier alpha value is -2.40. The van der Waals surface area contributed by atoms with Crippen LogP contribution in [0.25, 0.3) is 11.0 Å². The fourth-order valence-electron chi connectivity index (χ4n) is 2.41. The third kappa shape index (κ3) is 3.51. The summed E-state index contributed by atoms with van der Waals surface area (Å²) in [6, 6.07) is 13.4. The molecule has 0 aliphatic carbocycles. The zero-order valence-corrected chi connectivity index (χ0v) is 13.8. The zero-order chi connectivity index (χ0) is 16.2. The van der Waals surface area contributed by atoms with Crippen molar-refractivity contribution in [3.8, 4) is 5.75 Å². The Bertz CT molecular complexity index is 841. The number of rotatable bonds is 5. The van der Waals surface area contributed by atoms with Gasteiger partial charge in [0.25, 0.3) is 0 Å². The topological polar surface area (TPSA) is 51.5 Å². The van der Waals surface area contributed by atoms with E-state index in [-0.39, 0.29) is 12.3 Å². The minimum atomic E-state index is -0.0678. The number of ether oxygens (including phenoxy) is 1. The van der Waals surface area contributed by atoms with Crippen LogP contribution in [0.4, 0.5) is 5.69 Å². The highest BCUT2D eigenvalue weighted by Crippen LogP contribution is 2.26. The molecule has 4 nitrogen and oxygen atoms in total. The lowest BCUT2D eigenvalue weighted by Crippen LogP contribution is -2.14. The number of carbonyl (C=O) groups excluding carboxylic acids is 1. The lowest BCUT2D eigenvalue weighted by atomic mass is 10.1. The van der Waals surface area contributed by atoms with Crippen LogP contribution in [0, 0.1) is 0 Å². The number of fused-ring (bicyclic) bond motifs is 1. The Morgan fingerprint density at radius 2 is 2.13 bits per heavy atom. The predicted molar refractivity (Wildman–Crippen MR) is 93.3 cm³/mol. The van der Waals surface area contributed by atoms with Gasteiger partial charge in [0.05, 0.1) is 19.8 Å². The maximum Gasteiger partial charge on any atom is 0.228 e. The van der Waals surface area contributed by atoms with Crippen molar-refractivity contribution in [2.24, 2.45) is 0 Å². The molecule has 3 rings (SSSR count). The summed E-state index contributed by atoms with van der Waals surface area (Å²) in [5.41, 5.74) is 2.38. The number of thioether (sulfide) groups is 1. The van der Waals surface area contributed by atoms with Gasteiger partial charge in [-0.1, -0.05) is 6.07 Å². The van der Waals surface area contributed by atoms with E-state index in [4.69, 9.17) is 9.15 Å². The van der Waals surface area contributed by atoms with Crippen LogP contribution in [0.1, 0.15) is 5.56 Å². The van der Waals surface area contributed by atoms with Crippen molar-refractivity contribution in [3.05, 3.63) is 54.3 Å². The van der Waals surface area contributed by atoms with Crippen LogP contribution in [0.15, 0.2) is 58.0 Å².